The molecule has 0 saturated heterocycles. The van der Waals surface area contributed by atoms with Crippen molar-refractivity contribution < 1.29 is 9.59 Å². The van der Waals surface area contributed by atoms with Crippen LogP contribution in [0.4, 0.5) is 11.4 Å². The topological polar surface area (TPSA) is 115 Å². The lowest BCUT2D eigenvalue weighted by Crippen LogP contribution is -2.41. The highest BCUT2D eigenvalue weighted by molar-refractivity contribution is 5.96. The number of aromatic nitrogens is 3. The van der Waals surface area contributed by atoms with E-state index >= 15 is 0 Å². The van der Waals surface area contributed by atoms with E-state index in [0.717, 1.165) is 0 Å². The molecule has 0 radical (unpaired) electrons. The van der Waals surface area contributed by atoms with Crippen molar-refractivity contribution in [3.05, 3.63) is 36.9 Å². The first-order valence-electron chi connectivity index (χ1n) is 8.72. The summed E-state index contributed by atoms with van der Waals surface area (Å²) in [6.45, 7) is 5.97. The van der Waals surface area contributed by atoms with Gasteiger partial charge in [0.1, 0.15) is 18.7 Å². The summed E-state index contributed by atoms with van der Waals surface area (Å²) in [5, 5.41) is 9.68. The monoisotopic (exact) mass is 430 g/mol. The lowest BCUT2D eigenvalue weighted by molar-refractivity contribution is -0.125. The molecule has 1 aromatic carbocycles. The van der Waals surface area contributed by atoms with Crippen molar-refractivity contribution in [2.75, 3.05) is 17.2 Å². The molecule has 0 fully saturated rings. The Hall–Kier alpha value is -2.16. The first kappa shape index (κ1) is 25.8. The van der Waals surface area contributed by atoms with E-state index in [1.54, 1.807) is 31.2 Å². The van der Waals surface area contributed by atoms with E-state index in [0.29, 0.717) is 30.8 Å². The smallest absolute Gasteiger partial charge is 0.249 e. The fraction of sp³-hybridized carbons (Fsp3) is 0.444. The highest BCUT2D eigenvalue weighted by Crippen LogP contribution is 2.27. The standard InChI is InChI=1S/C18H26N6O2.2ClH/c1-4-18(5-2,10-19)17(26)23-15-8-6-14(7-9-15)22-16(25)13(3)24-12-20-11-21-24;;/h6-9,11-13H,4-5,10,19H2,1-3H3,(H,22,25)(H,23,26);2*1H. The number of halogens is 2. The van der Waals surface area contributed by atoms with Crippen molar-refractivity contribution in [3.8, 4) is 0 Å². The van der Waals surface area contributed by atoms with Crippen LogP contribution in [0, 0.1) is 5.41 Å². The minimum Gasteiger partial charge on any atom is -0.329 e. The molecule has 0 aliphatic carbocycles. The van der Waals surface area contributed by atoms with E-state index in [4.69, 9.17) is 5.73 Å². The summed E-state index contributed by atoms with van der Waals surface area (Å²) in [7, 11) is 0. The first-order chi connectivity index (χ1) is 12.5. The Kier molecular flexibility index (Phi) is 10.7. The van der Waals surface area contributed by atoms with Gasteiger partial charge in [0.2, 0.25) is 11.8 Å². The van der Waals surface area contributed by atoms with Gasteiger partial charge in [0.25, 0.3) is 0 Å². The number of hydrogen-bond acceptors (Lipinski definition) is 5. The average Bonchev–Trinajstić information content (AvgIpc) is 3.19. The van der Waals surface area contributed by atoms with Crippen LogP contribution in [0.1, 0.15) is 39.7 Å². The molecule has 2 aromatic rings. The predicted molar refractivity (Wildman–Crippen MR) is 115 cm³/mol. The van der Waals surface area contributed by atoms with Crippen LogP contribution in [-0.4, -0.2) is 33.1 Å². The zero-order valence-electron chi connectivity index (χ0n) is 16.2. The lowest BCUT2D eigenvalue weighted by Gasteiger charge is -2.28. The molecule has 2 rings (SSSR count). The van der Waals surface area contributed by atoms with Crippen molar-refractivity contribution in [1.82, 2.24) is 14.8 Å². The first-order valence-corrected chi connectivity index (χ1v) is 8.72. The number of nitrogens with one attached hydrogen (secondary N) is 2. The molecule has 0 aliphatic heterocycles. The summed E-state index contributed by atoms with van der Waals surface area (Å²) < 4.78 is 1.48. The molecule has 8 nitrogen and oxygen atoms in total. The molecule has 10 heteroatoms. The maximum Gasteiger partial charge on any atom is 0.249 e. The Morgan fingerprint density at radius 3 is 2.07 bits per heavy atom. The van der Waals surface area contributed by atoms with Crippen LogP contribution in [0.15, 0.2) is 36.9 Å². The molecule has 1 atom stereocenters. The molecule has 2 amide bonds. The quantitative estimate of drug-likeness (QED) is 0.594. The van der Waals surface area contributed by atoms with Crippen LogP contribution < -0.4 is 16.4 Å². The second-order valence-electron chi connectivity index (χ2n) is 6.26. The van der Waals surface area contributed by atoms with E-state index in [2.05, 4.69) is 20.7 Å². The van der Waals surface area contributed by atoms with Crippen LogP contribution in [0.3, 0.4) is 0 Å². The maximum absolute atomic E-state index is 12.5. The molecule has 1 unspecified atom stereocenters. The zero-order valence-corrected chi connectivity index (χ0v) is 17.8. The molecule has 4 N–H and O–H groups in total. The summed E-state index contributed by atoms with van der Waals surface area (Å²) in [5.41, 5.74) is 6.55. The number of nitrogens with two attached hydrogens (primary N) is 1. The minimum atomic E-state index is -0.555. The molecule has 0 spiro atoms. The second kappa shape index (κ2) is 11.6. The Labute approximate surface area is 177 Å². The lowest BCUT2D eigenvalue weighted by atomic mass is 9.81. The van der Waals surface area contributed by atoms with Crippen molar-refractivity contribution in [1.29, 1.82) is 0 Å². The Morgan fingerprint density at radius 1 is 1.11 bits per heavy atom. The second-order valence-corrected chi connectivity index (χ2v) is 6.26. The Morgan fingerprint density at radius 2 is 1.64 bits per heavy atom. The van der Waals surface area contributed by atoms with Gasteiger partial charge in [0.05, 0.1) is 5.41 Å². The van der Waals surface area contributed by atoms with E-state index in [1.807, 2.05) is 13.8 Å². The van der Waals surface area contributed by atoms with Crippen molar-refractivity contribution in [3.63, 3.8) is 0 Å². The number of hydrogen-bond donors (Lipinski definition) is 3. The van der Waals surface area contributed by atoms with Crippen LogP contribution >= 0.6 is 24.8 Å². The van der Waals surface area contributed by atoms with E-state index < -0.39 is 11.5 Å². The molecular formula is C18H28Cl2N6O2. The third-order valence-corrected chi connectivity index (χ3v) is 4.85. The number of amides is 2. The van der Waals surface area contributed by atoms with Crippen LogP contribution in [0.2, 0.25) is 0 Å². The zero-order chi connectivity index (χ0) is 19.2. The van der Waals surface area contributed by atoms with Gasteiger partial charge in [-0.2, -0.15) is 5.10 Å². The Bertz CT molecular complexity index is 725. The van der Waals surface area contributed by atoms with Crippen molar-refractivity contribution >= 4 is 48.0 Å². The van der Waals surface area contributed by atoms with Gasteiger partial charge >= 0.3 is 0 Å². The molecule has 0 saturated carbocycles. The van der Waals surface area contributed by atoms with Gasteiger partial charge in [-0.05, 0) is 44.0 Å². The number of carbonyl (C=O) groups is 2. The Balaban J connectivity index is 0.00000364. The molecule has 156 valence electrons. The average molecular weight is 431 g/mol. The van der Waals surface area contributed by atoms with Gasteiger partial charge in [-0.3, -0.25) is 9.59 Å². The number of nitrogens with zero attached hydrogens (tertiary/aromatic N) is 3. The maximum atomic E-state index is 12.5. The van der Waals surface area contributed by atoms with Crippen molar-refractivity contribution in [2.45, 2.75) is 39.7 Å². The van der Waals surface area contributed by atoms with Gasteiger partial charge in [-0.1, -0.05) is 13.8 Å². The van der Waals surface area contributed by atoms with E-state index in [9.17, 15) is 9.59 Å². The predicted octanol–water partition coefficient (Wildman–Crippen LogP) is 3.03. The summed E-state index contributed by atoms with van der Waals surface area (Å²) in [6.07, 6.45) is 4.24. The SMILES string of the molecule is CCC(CC)(CN)C(=O)Nc1ccc(NC(=O)C(C)n2cncn2)cc1.Cl.Cl. The van der Waals surface area contributed by atoms with Crippen LogP contribution in [-0.2, 0) is 9.59 Å². The fourth-order valence-electron chi connectivity index (χ4n) is 2.64. The third kappa shape index (κ3) is 5.92. The largest absolute Gasteiger partial charge is 0.329 e. The summed E-state index contributed by atoms with van der Waals surface area (Å²) >= 11 is 0. The molecule has 28 heavy (non-hydrogen) atoms. The van der Waals surface area contributed by atoms with Gasteiger partial charge < -0.3 is 16.4 Å². The number of rotatable bonds is 8. The molecule has 1 heterocycles. The number of anilines is 2. The summed E-state index contributed by atoms with van der Waals surface area (Å²) in [6, 6.07) is 6.50. The van der Waals surface area contributed by atoms with Crippen LogP contribution in [0.25, 0.3) is 0 Å². The third-order valence-electron chi connectivity index (χ3n) is 4.85. The normalized spacial score (nSPS) is 11.6. The summed E-state index contributed by atoms with van der Waals surface area (Å²) in [5.74, 6) is -0.284. The molecular weight excluding hydrogens is 403 g/mol. The highest BCUT2D eigenvalue weighted by atomic mass is 35.5. The number of benzene rings is 1. The number of carbonyl (C=O) groups excluding carboxylic acids is 2. The van der Waals surface area contributed by atoms with Gasteiger partial charge in [-0.25, -0.2) is 9.67 Å². The molecule has 1 aromatic heterocycles. The highest BCUT2D eigenvalue weighted by Gasteiger charge is 2.33. The van der Waals surface area contributed by atoms with Gasteiger partial charge in [-0.15, -0.1) is 24.8 Å². The molecule has 0 bridgehead atoms. The van der Waals surface area contributed by atoms with Gasteiger partial charge in [0.15, 0.2) is 0 Å². The van der Waals surface area contributed by atoms with Gasteiger partial charge in [0, 0.05) is 17.9 Å². The fourth-order valence-corrected chi connectivity index (χ4v) is 2.64. The van der Waals surface area contributed by atoms with Crippen LogP contribution in [0.5, 0.6) is 0 Å². The molecule has 0 aliphatic rings. The van der Waals surface area contributed by atoms with E-state index in [-0.39, 0.29) is 36.6 Å². The van der Waals surface area contributed by atoms with E-state index in [1.165, 1.54) is 17.3 Å². The minimum absolute atomic E-state index is 0. The van der Waals surface area contributed by atoms with Crippen molar-refractivity contribution in [2.24, 2.45) is 11.1 Å². The summed E-state index contributed by atoms with van der Waals surface area (Å²) in [4.78, 5) is 28.6.